The van der Waals surface area contributed by atoms with E-state index in [1.807, 2.05) is 0 Å². The first-order valence-corrected chi connectivity index (χ1v) is 7.16. The van der Waals surface area contributed by atoms with Gasteiger partial charge in [-0.2, -0.15) is 0 Å². The minimum absolute atomic E-state index is 0.120. The summed E-state index contributed by atoms with van der Waals surface area (Å²) >= 11 is 11.9. The van der Waals surface area contributed by atoms with Gasteiger partial charge >= 0.3 is 0 Å². The molecule has 102 valence electrons. The topological polar surface area (TPSA) is 29.5 Å². The Bertz CT molecular complexity index is 367. The third kappa shape index (κ3) is 5.05. The van der Waals surface area contributed by atoms with Crippen molar-refractivity contribution in [2.24, 2.45) is 0 Å². The standard InChI is InChI=1S/C14H20Cl2O2/c1-2-3-4-5-6-7-18-14-11(10-17)8-12(15)9-13(14)16/h8-9,17H,2-7,10H2,1H3. The van der Waals surface area contributed by atoms with Crippen LogP contribution in [0.15, 0.2) is 12.1 Å². The Labute approximate surface area is 119 Å². The van der Waals surface area contributed by atoms with Crippen molar-refractivity contribution >= 4 is 23.2 Å². The molecule has 1 aromatic carbocycles. The number of hydrogen-bond donors (Lipinski definition) is 1. The SMILES string of the molecule is CCCCCCCOc1c(Cl)cc(Cl)cc1CO. The number of aliphatic hydroxyl groups excluding tert-OH is 1. The normalized spacial score (nSPS) is 10.7. The molecule has 0 heterocycles. The van der Waals surface area contributed by atoms with Crippen molar-refractivity contribution in [1.29, 1.82) is 0 Å². The van der Waals surface area contributed by atoms with E-state index >= 15 is 0 Å². The second kappa shape index (κ2) is 8.63. The molecule has 0 radical (unpaired) electrons. The van der Waals surface area contributed by atoms with E-state index in [4.69, 9.17) is 27.9 Å². The first kappa shape index (κ1) is 15.6. The van der Waals surface area contributed by atoms with Crippen LogP contribution in [0.2, 0.25) is 10.0 Å². The highest BCUT2D eigenvalue weighted by molar-refractivity contribution is 6.35. The molecular formula is C14H20Cl2O2. The number of ether oxygens (including phenoxy) is 1. The number of rotatable bonds is 8. The third-order valence-electron chi connectivity index (χ3n) is 2.75. The molecule has 0 aliphatic carbocycles. The molecule has 0 unspecified atom stereocenters. The van der Waals surface area contributed by atoms with Crippen LogP contribution in [-0.2, 0) is 6.61 Å². The van der Waals surface area contributed by atoms with Crippen molar-refractivity contribution in [1.82, 2.24) is 0 Å². The molecule has 0 saturated carbocycles. The molecule has 0 spiro atoms. The summed E-state index contributed by atoms with van der Waals surface area (Å²) in [6, 6.07) is 3.31. The van der Waals surface area contributed by atoms with Gasteiger partial charge < -0.3 is 9.84 Å². The number of halogens is 2. The van der Waals surface area contributed by atoms with Crippen LogP contribution in [0.4, 0.5) is 0 Å². The van der Waals surface area contributed by atoms with Crippen LogP contribution in [0, 0.1) is 0 Å². The monoisotopic (exact) mass is 290 g/mol. The van der Waals surface area contributed by atoms with E-state index in [2.05, 4.69) is 6.92 Å². The Hall–Kier alpha value is -0.440. The van der Waals surface area contributed by atoms with Crippen molar-refractivity contribution < 1.29 is 9.84 Å². The summed E-state index contributed by atoms with van der Waals surface area (Å²) in [4.78, 5) is 0. The highest BCUT2D eigenvalue weighted by Gasteiger charge is 2.09. The lowest BCUT2D eigenvalue weighted by Crippen LogP contribution is -2.01. The molecule has 0 aliphatic rings. The molecule has 2 nitrogen and oxygen atoms in total. The van der Waals surface area contributed by atoms with Crippen molar-refractivity contribution in [2.45, 2.75) is 45.6 Å². The number of benzene rings is 1. The predicted molar refractivity (Wildman–Crippen MR) is 76.6 cm³/mol. The molecule has 0 bridgehead atoms. The zero-order valence-corrected chi connectivity index (χ0v) is 12.2. The van der Waals surface area contributed by atoms with Gasteiger partial charge in [0, 0.05) is 10.6 Å². The van der Waals surface area contributed by atoms with E-state index in [-0.39, 0.29) is 6.61 Å². The van der Waals surface area contributed by atoms with Crippen molar-refractivity contribution in [3.05, 3.63) is 27.7 Å². The third-order valence-corrected chi connectivity index (χ3v) is 3.25. The summed E-state index contributed by atoms with van der Waals surface area (Å²) in [5.41, 5.74) is 0.640. The lowest BCUT2D eigenvalue weighted by atomic mass is 10.1. The van der Waals surface area contributed by atoms with Gasteiger partial charge in [0.15, 0.2) is 0 Å². The van der Waals surface area contributed by atoms with Gasteiger partial charge in [-0.25, -0.2) is 0 Å². The van der Waals surface area contributed by atoms with Gasteiger partial charge in [0.2, 0.25) is 0 Å². The lowest BCUT2D eigenvalue weighted by Gasteiger charge is -2.12. The summed E-state index contributed by atoms with van der Waals surface area (Å²) in [5, 5.41) is 10.2. The molecule has 1 rings (SSSR count). The molecule has 0 aliphatic heterocycles. The summed E-state index contributed by atoms with van der Waals surface area (Å²) in [6.07, 6.45) is 5.90. The molecular weight excluding hydrogens is 271 g/mol. The molecule has 0 aromatic heterocycles. The molecule has 0 atom stereocenters. The van der Waals surface area contributed by atoms with Gasteiger partial charge in [-0.05, 0) is 18.6 Å². The van der Waals surface area contributed by atoms with E-state index in [1.165, 1.54) is 19.3 Å². The fourth-order valence-electron chi connectivity index (χ4n) is 1.77. The molecule has 1 aromatic rings. The number of hydrogen-bond acceptors (Lipinski definition) is 2. The van der Waals surface area contributed by atoms with E-state index < -0.39 is 0 Å². The first-order valence-electron chi connectivity index (χ1n) is 6.40. The summed E-state index contributed by atoms with van der Waals surface area (Å²) < 4.78 is 5.64. The van der Waals surface area contributed by atoms with E-state index in [0.29, 0.717) is 28.0 Å². The van der Waals surface area contributed by atoms with Crippen molar-refractivity contribution in [3.8, 4) is 5.75 Å². The van der Waals surface area contributed by atoms with Gasteiger partial charge in [-0.15, -0.1) is 0 Å². The smallest absolute Gasteiger partial charge is 0.143 e. The Morgan fingerprint density at radius 1 is 1.11 bits per heavy atom. The lowest BCUT2D eigenvalue weighted by molar-refractivity contribution is 0.260. The van der Waals surface area contributed by atoms with E-state index in [0.717, 1.165) is 12.8 Å². The first-order chi connectivity index (χ1) is 8.69. The minimum atomic E-state index is -0.120. The maximum atomic E-state index is 9.24. The van der Waals surface area contributed by atoms with Gasteiger partial charge in [0.25, 0.3) is 0 Å². The van der Waals surface area contributed by atoms with Gasteiger partial charge in [0.1, 0.15) is 5.75 Å². The van der Waals surface area contributed by atoms with Crippen LogP contribution in [-0.4, -0.2) is 11.7 Å². The molecule has 0 fully saturated rings. The Kier molecular flexibility index (Phi) is 7.48. The second-order valence-corrected chi connectivity index (χ2v) is 5.14. The molecule has 1 N–H and O–H groups in total. The number of unbranched alkanes of at least 4 members (excludes halogenated alkanes) is 4. The fraction of sp³-hybridized carbons (Fsp3) is 0.571. The van der Waals surface area contributed by atoms with Crippen LogP contribution in [0.5, 0.6) is 5.75 Å². The summed E-state index contributed by atoms with van der Waals surface area (Å²) in [5.74, 6) is 0.555. The largest absolute Gasteiger partial charge is 0.492 e. The maximum Gasteiger partial charge on any atom is 0.143 e. The van der Waals surface area contributed by atoms with Gasteiger partial charge in [-0.3, -0.25) is 0 Å². The van der Waals surface area contributed by atoms with Crippen LogP contribution in [0.3, 0.4) is 0 Å². The minimum Gasteiger partial charge on any atom is -0.492 e. The highest BCUT2D eigenvalue weighted by Crippen LogP contribution is 2.32. The molecule has 0 amide bonds. The molecule has 18 heavy (non-hydrogen) atoms. The van der Waals surface area contributed by atoms with Crippen molar-refractivity contribution in [3.63, 3.8) is 0 Å². The number of aliphatic hydroxyl groups is 1. The quantitative estimate of drug-likeness (QED) is 0.695. The van der Waals surface area contributed by atoms with E-state index in [1.54, 1.807) is 12.1 Å². The summed E-state index contributed by atoms with van der Waals surface area (Å²) in [7, 11) is 0. The maximum absolute atomic E-state index is 9.24. The van der Waals surface area contributed by atoms with Gasteiger partial charge in [0.05, 0.1) is 18.2 Å². The van der Waals surface area contributed by atoms with Crippen molar-refractivity contribution in [2.75, 3.05) is 6.61 Å². The van der Waals surface area contributed by atoms with Crippen LogP contribution < -0.4 is 4.74 Å². The Balaban J connectivity index is 2.46. The van der Waals surface area contributed by atoms with Gasteiger partial charge in [-0.1, -0.05) is 55.8 Å². The fourth-order valence-corrected chi connectivity index (χ4v) is 2.36. The Morgan fingerprint density at radius 2 is 1.83 bits per heavy atom. The average Bonchev–Trinajstić information content (AvgIpc) is 2.35. The second-order valence-electron chi connectivity index (χ2n) is 4.30. The average molecular weight is 291 g/mol. The van der Waals surface area contributed by atoms with Crippen LogP contribution in [0.1, 0.15) is 44.6 Å². The molecule has 4 heteroatoms. The zero-order valence-electron chi connectivity index (χ0n) is 10.7. The highest BCUT2D eigenvalue weighted by atomic mass is 35.5. The zero-order chi connectivity index (χ0) is 13.4. The predicted octanol–water partition coefficient (Wildman–Crippen LogP) is 4.83. The van der Waals surface area contributed by atoms with Crippen LogP contribution in [0.25, 0.3) is 0 Å². The van der Waals surface area contributed by atoms with E-state index in [9.17, 15) is 5.11 Å². The summed E-state index contributed by atoms with van der Waals surface area (Å²) in [6.45, 7) is 2.70. The Morgan fingerprint density at radius 3 is 2.50 bits per heavy atom. The molecule has 0 saturated heterocycles. The van der Waals surface area contributed by atoms with Crippen LogP contribution >= 0.6 is 23.2 Å².